The van der Waals surface area contributed by atoms with E-state index < -0.39 is 0 Å². The van der Waals surface area contributed by atoms with Crippen LogP contribution in [0, 0.1) is 12.3 Å². The first kappa shape index (κ1) is 15.8. The first-order valence-electron chi connectivity index (χ1n) is 6.38. The van der Waals surface area contributed by atoms with E-state index in [-0.39, 0.29) is 17.6 Å². The van der Waals surface area contributed by atoms with Gasteiger partial charge in [0.15, 0.2) is 0 Å². The predicted molar refractivity (Wildman–Crippen MR) is 82.3 cm³/mol. The number of hydrogen-bond donors (Lipinski definition) is 0. The summed E-state index contributed by atoms with van der Waals surface area (Å²) in [6.07, 6.45) is 17.0. The molecule has 0 aliphatic carbocycles. The first-order chi connectivity index (χ1) is 8.69. The Morgan fingerprint density at radius 2 is 2.17 bits per heavy atom. The van der Waals surface area contributed by atoms with Crippen LogP contribution in [0.2, 0.25) is 0 Å². The minimum Gasteiger partial charge on any atom is -0.372 e. The maximum absolute atomic E-state index is 6.40. The van der Waals surface area contributed by atoms with Gasteiger partial charge in [-0.2, -0.15) is 0 Å². The van der Waals surface area contributed by atoms with Crippen LogP contribution in [0.3, 0.4) is 0 Å². The van der Waals surface area contributed by atoms with Crippen molar-refractivity contribution in [1.82, 2.24) is 0 Å². The predicted octanol–water partition coefficient (Wildman–Crippen LogP) is 4.45. The van der Waals surface area contributed by atoms with Gasteiger partial charge in [-0.05, 0) is 31.8 Å². The molecular weight excluding hydrogens is 312 g/mol. The average Bonchev–Trinajstić information content (AvgIpc) is 2.43. The zero-order valence-corrected chi connectivity index (χ0v) is 13.0. The lowest BCUT2D eigenvalue weighted by molar-refractivity contribution is -0.0123. The van der Waals surface area contributed by atoms with Crippen molar-refractivity contribution in [3.8, 4) is 12.3 Å². The molecule has 100 valence electrons. The third-order valence-corrected chi connectivity index (χ3v) is 4.45. The molecule has 1 aliphatic heterocycles. The zero-order chi connectivity index (χ0) is 13.4. The van der Waals surface area contributed by atoms with Crippen LogP contribution in [0.15, 0.2) is 24.3 Å². The fraction of sp³-hybridized carbons (Fsp3) is 0.600. The standard InChI is InChI=1S/C15H20BrClO/c1-3-5-6-11-15-13(17)10-8-7-9-12(16)14(4-2)18-15/h1,5-8,12-15H,4,9-11H2,2H3/b6-5+,8-7-/t12-,13+,14-,15+/m0/s1. The number of hydrogen-bond acceptors (Lipinski definition) is 1. The summed E-state index contributed by atoms with van der Waals surface area (Å²) in [5.74, 6) is 2.49. The van der Waals surface area contributed by atoms with Crippen molar-refractivity contribution in [3.05, 3.63) is 24.3 Å². The molecule has 0 spiro atoms. The van der Waals surface area contributed by atoms with Gasteiger partial charge in [0, 0.05) is 4.83 Å². The molecule has 0 bridgehead atoms. The van der Waals surface area contributed by atoms with Crippen molar-refractivity contribution in [3.63, 3.8) is 0 Å². The van der Waals surface area contributed by atoms with Crippen LogP contribution in [0.5, 0.6) is 0 Å². The van der Waals surface area contributed by atoms with E-state index in [2.05, 4.69) is 40.9 Å². The fourth-order valence-corrected chi connectivity index (χ4v) is 2.96. The highest BCUT2D eigenvalue weighted by Gasteiger charge is 2.26. The molecule has 0 N–H and O–H groups in total. The molecule has 0 radical (unpaired) electrons. The maximum atomic E-state index is 6.40. The van der Waals surface area contributed by atoms with Crippen LogP contribution < -0.4 is 0 Å². The lowest BCUT2D eigenvalue weighted by atomic mass is 10.1. The van der Waals surface area contributed by atoms with Crippen LogP contribution in [-0.2, 0) is 4.74 Å². The molecule has 1 rings (SSSR count). The van der Waals surface area contributed by atoms with Gasteiger partial charge in [0.2, 0.25) is 0 Å². The van der Waals surface area contributed by atoms with Gasteiger partial charge in [-0.1, -0.05) is 47.0 Å². The van der Waals surface area contributed by atoms with Gasteiger partial charge < -0.3 is 4.74 Å². The minimum absolute atomic E-state index is 0.00414. The molecule has 0 aromatic heterocycles. The smallest absolute Gasteiger partial charge is 0.0780 e. The second kappa shape index (κ2) is 8.80. The van der Waals surface area contributed by atoms with Crippen LogP contribution in [0.25, 0.3) is 0 Å². The molecule has 0 aromatic carbocycles. The van der Waals surface area contributed by atoms with Crippen LogP contribution in [0.4, 0.5) is 0 Å². The highest BCUT2D eigenvalue weighted by molar-refractivity contribution is 9.09. The summed E-state index contributed by atoms with van der Waals surface area (Å²) in [6.45, 7) is 2.14. The Bertz CT molecular complexity index is 332. The SMILES string of the molecule is C#C/C=C/C[C@H]1O[C@@H](CC)[C@@H](Br)C/C=C\C[C@H]1Cl. The molecule has 4 atom stereocenters. The Hall–Kier alpha value is -0.230. The third kappa shape index (κ3) is 5.18. The minimum atomic E-state index is -0.00414. The van der Waals surface area contributed by atoms with Crippen LogP contribution in [0.1, 0.15) is 32.6 Å². The molecule has 0 unspecified atom stereocenters. The van der Waals surface area contributed by atoms with Gasteiger partial charge in [0.25, 0.3) is 0 Å². The number of terminal acetylenes is 1. The molecule has 3 heteroatoms. The molecule has 1 heterocycles. The third-order valence-electron chi connectivity index (χ3n) is 3.03. The highest BCUT2D eigenvalue weighted by Crippen LogP contribution is 2.26. The van der Waals surface area contributed by atoms with E-state index in [4.69, 9.17) is 22.8 Å². The Morgan fingerprint density at radius 1 is 1.44 bits per heavy atom. The number of rotatable bonds is 3. The second-order valence-electron chi connectivity index (χ2n) is 4.40. The summed E-state index contributed by atoms with van der Waals surface area (Å²) >= 11 is 10.1. The van der Waals surface area contributed by atoms with Gasteiger partial charge >= 0.3 is 0 Å². The average molecular weight is 332 g/mol. The van der Waals surface area contributed by atoms with E-state index in [1.165, 1.54) is 0 Å². The Kier molecular flexibility index (Phi) is 7.74. The topological polar surface area (TPSA) is 9.23 Å². The van der Waals surface area contributed by atoms with E-state index in [9.17, 15) is 0 Å². The van der Waals surface area contributed by atoms with E-state index in [1.54, 1.807) is 6.08 Å². The number of ether oxygens (including phenoxy) is 1. The van der Waals surface area contributed by atoms with Crippen LogP contribution >= 0.6 is 27.5 Å². The molecule has 18 heavy (non-hydrogen) atoms. The molecule has 0 fully saturated rings. The Labute approximate surface area is 124 Å². The van der Waals surface area contributed by atoms with Crippen molar-refractivity contribution in [2.75, 3.05) is 0 Å². The van der Waals surface area contributed by atoms with E-state index in [1.807, 2.05) is 6.08 Å². The van der Waals surface area contributed by atoms with Gasteiger partial charge in [0.05, 0.1) is 17.6 Å². The van der Waals surface area contributed by atoms with Crippen LogP contribution in [-0.4, -0.2) is 22.4 Å². The molecule has 0 saturated heterocycles. The molecular formula is C15H20BrClO. The maximum Gasteiger partial charge on any atom is 0.0780 e. The van der Waals surface area contributed by atoms with E-state index in [0.29, 0.717) is 4.83 Å². The van der Waals surface area contributed by atoms with Crippen molar-refractivity contribution in [2.24, 2.45) is 0 Å². The van der Waals surface area contributed by atoms with E-state index >= 15 is 0 Å². The zero-order valence-electron chi connectivity index (χ0n) is 10.7. The quantitative estimate of drug-likeness (QED) is 0.422. The monoisotopic (exact) mass is 330 g/mol. The summed E-state index contributed by atoms with van der Waals surface area (Å²) < 4.78 is 6.15. The summed E-state index contributed by atoms with van der Waals surface area (Å²) in [5, 5.41) is -0.00414. The Balaban J connectivity index is 2.73. The van der Waals surface area contributed by atoms with Gasteiger partial charge in [-0.15, -0.1) is 18.0 Å². The van der Waals surface area contributed by atoms with Gasteiger partial charge in [0.1, 0.15) is 0 Å². The number of allylic oxidation sites excluding steroid dienone is 3. The lowest BCUT2D eigenvalue weighted by Gasteiger charge is -2.28. The van der Waals surface area contributed by atoms with Gasteiger partial charge in [-0.3, -0.25) is 0 Å². The molecule has 0 aromatic rings. The van der Waals surface area contributed by atoms with Crippen molar-refractivity contribution in [1.29, 1.82) is 0 Å². The summed E-state index contributed by atoms with van der Waals surface area (Å²) in [5.41, 5.74) is 0. The van der Waals surface area contributed by atoms with Crippen molar-refractivity contribution in [2.45, 2.75) is 55.0 Å². The van der Waals surface area contributed by atoms with Crippen molar-refractivity contribution >= 4 is 27.5 Å². The van der Waals surface area contributed by atoms with E-state index in [0.717, 1.165) is 25.7 Å². The van der Waals surface area contributed by atoms with Gasteiger partial charge in [-0.25, -0.2) is 0 Å². The highest BCUT2D eigenvalue weighted by atomic mass is 79.9. The second-order valence-corrected chi connectivity index (χ2v) is 6.14. The number of alkyl halides is 2. The lowest BCUT2D eigenvalue weighted by Crippen LogP contribution is -2.33. The number of halogens is 2. The first-order valence-corrected chi connectivity index (χ1v) is 7.74. The summed E-state index contributed by atoms with van der Waals surface area (Å²) in [7, 11) is 0. The van der Waals surface area contributed by atoms with Crippen molar-refractivity contribution < 1.29 is 4.74 Å². The largest absolute Gasteiger partial charge is 0.372 e. The fourth-order valence-electron chi connectivity index (χ4n) is 1.98. The molecule has 0 saturated carbocycles. The summed E-state index contributed by atoms with van der Waals surface area (Å²) in [4.78, 5) is 0.347. The molecule has 1 aliphatic rings. The molecule has 0 amide bonds. The molecule has 1 nitrogen and oxygen atoms in total. The normalized spacial score (nSPS) is 35.4. The summed E-state index contributed by atoms with van der Waals surface area (Å²) in [6, 6.07) is 0. The Morgan fingerprint density at radius 3 is 2.83 bits per heavy atom.